The number of thiazole rings is 1. The van der Waals surface area contributed by atoms with Crippen molar-refractivity contribution < 1.29 is 4.79 Å². The maximum Gasteiger partial charge on any atom is 0.274 e. The number of carbonyl (C=O) groups excluding carboxylic acids is 1. The topological polar surface area (TPSA) is 76.9 Å². The van der Waals surface area contributed by atoms with Crippen molar-refractivity contribution >= 4 is 28.0 Å². The van der Waals surface area contributed by atoms with Crippen molar-refractivity contribution in [3.05, 3.63) is 55.9 Å². The van der Waals surface area contributed by atoms with E-state index >= 15 is 0 Å². The van der Waals surface area contributed by atoms with Crippen molar-refractivity contribution in [3.63, 3.8) is 0 Å². The van der Waals surface area contributed by atoms with Gasteiger partial charge in [0.1, 0.15) is 5.01 Å². The Kier molecular flexibility index (Phi) is 4.67. The van der Waals surface area contributed by atoms with Gasteiger partial charge in [-0.05, 0) is 26.3 Å². The van der Waals surface area contributed by atoms with E-state index in [9.17, 15) is 9.59 Å². The molecule has 1 aromatic carbocycles. The summed E-state index contributed by atoms with van der Waals surface area (Å²) >= 11 is 1.59. The van der Waals surface area contributed by atoms with Crippen LogP contribution in [-0.4, -0.2) is 20.7 Å². The molecular weight excluding hydrogens is 336 g/mol. The van der Waals surface area contributed by atoms with E-state index in [0.29, 0.717) is 10.8 Å². The molecule has 7 heteroatoms. The van der Waals surface area contributed by atoms with Crippen LogP contribution in [0.1, 0.15) is 45.5 Å². The number of aryl methyl sites for hydroxylation is 3. The van der Waals surface area contributed by atoms with Crippen molar-refractivity contribution in [3.8, 4) is 0 Å². The van der Waals surface area contributed by atoms with Crippen LogP contribution in [0, 0.1) is 13.8 Å². The lowest BCUT2D eigenvalue weighted by atomic mass is 10.1. The van der Waals surface area contributed by atoms with Crippen molar-refractivity contribution in [2.45, 2.75) is 33.2 Å². The Labute approximate surface area is 149 Å². The molecular formula is C18H20N4O2S. The second-order valence-electron chi connectivity index (χ2n) is 5.95. The highest BCUT2D eigenvalue weighted by atomic mass is 32.1. The van der Waals surface area contributed by atoms with Gasteiger partial charge >= 0.3 is 0 Å². The van der Waals surface area contributed by atoms with Gasteiger partial charge in [-0.15, -0.1) is 11.3 Å². The molecule has 0 saturated carbocycles. The first kappa shape index (κ1) is 17.3. The van der Waals surface area contributed by atoms with E-state index in [1.54, 1.807) is 42.6 Å². The predicted molar refractivity (Wildman–Crippen MR) is 99.1 cm³/mol. The van der Waals surface area contributed by atoms with Crippen molar-refractivity contribution in [1.29, 1.82) is 0 Å². The molecule has 0 spiro atoms. The minimum absolute atomic E-state index is 0.178. The number of nitrogens with one attached hydrogen (secondary N) is 1. The molecule has 0 bridgehead atoms. The van der Waals surface area contributed by atoms with Crippen LogP contribution in [0.5, 0.6) is 0 Å². The van der Waals surface area contributed by atoms with Gasteiger partial charge in [-0.2, -0.15) is 5.10 Å². The summed E-state index contributed by atoms with van der Waals surface area (Å²) in [5.41, 5.74) is 1.02. The summed E-state index contributed by atoms with van der Waals surface area (Å²) in [5.74, 6) is -0.302. The van der Waals surface area contributed by atoms with Crippen LogP contribution in [-0.2, 0) is 7.05 Å². The van der Waals surface area contributed by atoms with Gasteiger partial charge in [-0.1, -0.05) is 25.1 Å². The molecule has 0 aliphatic heterocycles. The Balaban J connectivity index is 1.99. The van der Waals surface area contributed by atoms with Crippen LogP contribution in [0.15, 0.2) is 29.1 Å². The molecule has 0 aliphatic carbocycles. The van der Waals surface area contributed by atoms with Crippen molar-refractivity contribution in [2.75, 3.05) is 0 Å². The number of benzene rings is 1. The predicted octanol–water partition coefficient (Wildman–Crippen LogP) is 2.89. The maximum atomic E-state index is 12.8. The monoisotopic (exact) mass is 356 g/mol. The number of hydrogen-bond acceptors (Lipinski definition) is 5. The van der Waals surface area contributed by atoms with E-state index in [1.165, 1.54) is 4.68 Å². The molecule has 1 amide bonds. The van der Waals surface area contributed by atoms with E-state index in [2.05, 4.69) is 15.4 Å². The van der Waals surface area contributed by atoms with Gasteiger partial charge in [0, 0.05) is 17.3 Å². The van der Waals surface area contributed by atoms with Gasteiger partial charge in [-0.3, -0.25) is 9.59 Å². The molecule has 0 radical (unpaired) electrons. The fourth-order valence-corrected chi connectivity index (χ4v) is 3.74. The summed E-state index contributed by atoms with van der Waals surface area (Å²) < 4.78 is 1.20. The number of aromatic nitrogens is 3. The number of nitrogens with zero attached hydrogens (tertiary/aromatic N) is 3. The zero-order valence-corrected chi connectivity index (χ0v) is 15.5. The average molecular weight is 356 g/mol. The Morgan fingerprint density at radius 3 is 2.56 bits per heavy atom. The van der Waals surface area contributed by atoms with E-state index < -0.39 is 0 Å². The first-order chi connectivity index (χ1) is 11.9. The van der Waals surface area contributed by atoms with Crippen LogP contribution in [0.3, 0.4) is 0 Å². The molecule has 0 saturated heterocycles. The van der Waals surface area contributed by atoms with Gasteiger partial charge in [0.25, 0.3) is 11.5 Å². The molecule has 2 heterocycles. The normalized spacial score (nSPS) is 12.3. The number of rotatable bonds is 4. The summed E-state index contributed by atoms with van der Waals surface area (Å²) in [5, 5.41) is 9.12. The number of fused-ring (bicyclic) bond motifs is 1. The summed E-state index contributed by atoms with van der Waals surface area (Å²) in [6.07, 6.45) is 0.724. The smallest absolute Gasteiger partial charge is 0.274 e. The first-order valence-electron chi connectivity index (χ1n) is 8.13. The maximum absolute atomic E-state index is 12.8. The summed E-state index contributed by atoms with van der Waals surface area (Å²) in [7, 11) is 1.55. The quantitative estimate of drug-likeness (QED) is 0.780. The molecule has 1 N–H and O–H groups in total. The van der Waals surface area contributed by atoms with Crippen LogP contribution < -0.4 is 10.9 Å². The lowest BCUT2D eigenvalue weighted by Crippen LogP contribution is -2.32. The lowest BCUT2D eigenvalue weighted by molar-refractivity contribution is 0.0930. The van der Waals surface area contributed by atoms with Gasteiger partial charge in [-0.25, -0.2) is 9.67 Å². The second kappa shape index (κ2) is 6.76. The molecule has 3 rings (SSSR count). The van der Waals surface area contributed by atoms with Gasteiger partial charge < -0.3 is 5.32 Å². The Morgan fingerprint density at radius 1 is 1.28 bits per heavy atom. The minimum Gasteiger partial charge on any atom is -0.341 e. The largest absolute Gasteiger partial charge is 0.341 e. The molecule has 2 aromatic heterocycles. The Morgan fingerprint density at radius 2 is 1.96 bits per heavy atom. The van der Waals surface area contributed by atoms with Crippen LogP contribution >= 0.6 is 11.3 Å². The lowest BCUT2D eigenvalue weighted by Gasteiger charge is -2.15. The summed E-state index contributed by atoms with van der Waals surface area (Å²) in [6.45, 7) is 5.99. The molecule has 1 atom stereocenters. The Hall–Kier alpha value is -2.54. The summed E-state index contributed by atoms with van der Waals surface area (Å²) in [6, 6.07) is 6.85. The summed E-state index contributed by atoms with van der Waals surface area (Å²) in [4.78, 5) is 30.7. The average Bonchev–Trinajstić information content (AvgIpc) is 2.94. The molecule has 6 nitrogen and oxygen atoms in total. The Bertz CT molecular complexity index is 986. The van der Waals surface area contributed by atoms with E-state index in [0.717, 1.165) is 22.0 Å². The van der Waals surface area contributed by atoms with Crippen molar-refractivity contribution in [1.82, 2.24) is 20.1 Å². The SMILES string of the molecule is CCC(NC(=O)c1nn(C)c(=O)c2ccccc12)c1nc(C)c(C)s1. The molecule has 0 aliphatic rings. The first-order valence-corrected chi connectivity index (χ1v) is 8.94. The van der Waals surface area contributed by atoms with Crippen LogP contribution in [0.25, 0.3) is 10.8 Å². The van der Waals surface area contributed by atoms with Crippen LogP contribution in [0.4, 0.5) is 0 Å². The van der Waals surface area contributed by atoms with E-state index in [1.807, 2.05) is 20.8 Å². The molecule has 25 heavy (non-hydrogen) atoms. The highest BCUT2D eigenvalue weighted by Crippen LogP contribution is 2.25. The van der Waals surface area contributed by atoms with E-state index in [4.69, 9.17) is 0 Å². The second-order valence-corrected chi connectivity index (χ2v) is 7.19. The van der Waals surface area contributed by atoms with Gasteiger partial charge in [0.05, 0.1) is 17.1 Å². The minimum atomic E-state index is -0.302. The molecule has 130 valence electrons. The number of amides is 1. The molecule has 1 unspecified atom stereocenters. The highest BCUT2D eigenvalue weighted by molar-refractivity contribution is 7.11. The van der Waals surface area contributed by atoms with Gasteiger partial charge in [0.15, 0.2) is 5.69 Å². The molecule has 3 aromatic rings. The van der Waals surface area contributed by atoms with Gasteiger partial charge in [0.2, 0.25) is 0 Å². The fraction of sp³-hybridized carbons (Fsp3) is 0.333. The van der Waals surface area contributed by atoms with Crippen LogP contribution in [0.2, 0.25) is 0 Å². The third-order valence-corrected chi connectivity index (χ3v) is 5.41. The van der Waals surface area contributed by atoms with E-state index in [-0.39, 0.29) is 23.2 Å². The zero-order chi connectivity index (χ0) is 18.1. The number of hydrogen-bond donors (Lipinski definition) is 1. The third kappa shape index (κ3) is 3.19. The zero-order valence-electron chi connectivity index (χ0n) is 14.7. The standard InChI is InChI=1S/C18H20N4O2S/c1-5-14(17-19-10(2)11(3)25-17)20-16(23)15-12-8-6-7-9-13(12)18(24)22(4)21-15/h6-9,14H,5H2,1-4H3,(H,20,23). The number of carbonyl (C=O) groups is 1. The van der Waals surface area contributed by atoms with Crippen molar-refractivity contribution in [2.24, 2.45) is 7.05 Å². The highest BCUT2D eigenvalue weighted by Gasteiger charge is 2.21. The third-order valence-electron chi connectivity index (χ3n) is 4.23. The fourth-order valence-electron chi connectivity index (χ4n) is 2.68. The molecule has 0 fully saturated rings.